The van der Waals surface area contributed by atoms with Gasteiger partial charge in [-0.3, -0.25) is 14.9 Å². The zero-order valence-electron chi connectivity index (χ0n) is 14.2. The fourth-order valence-corrected chi connectivity index (χ4v) is 3.19. The molecule has 1 aliphatic heterocycles. The van der Waals surface area contributed by atoms with Crippen LogP contribution in [0.2, 0.25) is 0 Å². The van der Waals surface area contributed by atoms with Crippen molar-refractivity contribution in [3.63, 3.8) is 0 Å². The van der Waals surface area contributed by atoms with Crippen molar-refractivity contribution in [3.05, 3.63) is 33.9 Å². The highest BCUT2D eigenvalue weighted by molar-refractivity contribution is 6.00. The molecule has 126 valence electrons. The van der Waals surface area contributed by atoms with E-state index < -0.39 is 4.92 Å². The highest BCUT2D eigenvalue weighted by Crippen LogP contribution is 2.34. The minimum Gasteiger partial charge on any atom is -0.366 e. The number of morpholine rings is 1. The number of rotatable bonds is 3. The maximum absolute atomic E-state index is 12.2. The Morgan fingerprint density at radius 2 is 1.83 bits per heavy atom. The predicted octanol–water partition coefficient (Wildman–Crippen LogP) is 2.35. The molecule has 2 rings (SSSR count). The van der Waals surface area contributed by atoms with E-state index >= 15 is 0 Å². The quantitative estimate of drug-likeness (QED) is 0.682. The molecular weight excluding hydrogens is 298 g/mol. The summed E-state index contributed by atoms with van der Waals surface area (Å²) in [6.45, 7) is 9.16. The molecule has 1 N–H and O–H groups in total. The number of benzene rings is 1. The molecule has 0 unspecified atom stereocenters. The summed E-state index contributed by atoms with van der Waals surface area (Å²) >= 11 is 0. The first-order chi connectivity index (χ1) is 10.5. The number of nitro benzene ring substituents is 1. The minimum atomic E-state index is -0.497. The Bertz CT molecular complexity index is 624. The average Bonchev–Trinajstić information content (AvgIpc) is 2.42. The van der Waals surface area contributed by atoms with Gasteiger partial charge < -0.3 is 15.0 Å². The topological polar surface area (TPSA) is 84.7 Å². The largest absolute Gasteiger partial charge is 0.366 e. The first-order valence-corrected chi connectivity index (χ1v) is 7.50. The van der Waals surface area contributed by atoms with Crippen molar-refractivity contribution in [2.75, 3.05) is 25.0 Å². The number of nitrogens with one attached hydrogen (secondary N) is 1. The number of hydrogen-bond donors (Lipinski definition) is 1. The summed E-state index contributed by atoms with van der Waals surface area (Å²) in [6.07, 6.45) is 0. The molecule has 1 fully saturated rings. The van der Waals surface area contributed by atoms with E-state index in [1.165, 1.54) is 19.2 Å². The SMILES string of the molecule is CNC(=O)c1cc([N+](=O)[O-])ccc1N1CC(C)(C)OC(C)(C)C1. The summed E-state index contributed by atoms with van der Waals surface area (Å²) in [5.41, 5.74) is 0.112. The van der Waals surface area contributed by atoms with E-state index in [2.05, 4.69) is 10.2 Å². The standard InChI is InChI=1S/C16H23N3O4/c1-15(2)9-18(10-16(3,4)23-15)13-7-6-11(19(21)22)8-12(13)14(20)17-5/h6-8H,9-10H2,1-5H3,(H,17,20). The molecule has 0 bridgehead atoms. The summed E-state index contributed by atoms with van der Waals surface area (Å²) in [5.74, 6) is -0.342. The number of anilines is 1. The molecule has 1 aliphatic rings. The Morgan fingerprint density at radius 3 is 2.30 bits per heavy atom. The molecule has 1 aromatic carbocycles. The smallest absolute Gasteiger partial charge is 0.270 e. The van der Waals surface area contributed by atoms with Gasteiger partial charge in [-0.15, -0.1) is 0 Å². The summed E-state index contributed by atoms with van der Waals surface area (Å²) in [4.78, 5) is 24.7. The van der Waals surface area contributed by atoms with Gasteiger partial charge in [-0.25, -0.2) is 0 Å². The first kappa shape index (κ1) is 17.2. The van der Waals surface area contributed by atoms with Gasteiger partial charge in [0.15, 0.2) is 0 Å². The van der Waals surface area contributed by atoms with Gasteiger partial charge in [-0.05, 0) is 33.8 Å². The van der Waals surface area contributed by atoms with Gasteiger partial charge in [0, 0.05) is 32.3 Å². The van der Waals surface area contributed by atoms with Gasteiger partial charge in [0.2, 0.25) is 0 Å². The lowest BCUT2D eigenvalue weighted by molar-refractivity contribution is -0.384. The highest BCUT2D eigenvalue weighted by atomic mass is 16.6. The van der Waals surface area contributed by atoms with E-state index in [1.54, 1.807) is 6.07 Å². The highest BCUT2D eigenvalue weighted by Gasteiger charge is 2.39. The number of ether oxygens (including phenoxy) is 1. The van der Waals surface area contributed by atoms with Gasteiger partial charge in [-0.1, -0.05) is 0 Å². The van der Waals surface area contributed by atoms with E-state index in [0.717, 1.165) is 0 Å². The number of nitro groups is 1. The molecule has 1 amide bonds. The third-order valence-electron chi connectivity index (χ3n) is 3.70. The normalized spacial score (nSPS) is 19.3. The molecule has 7 heteroatoms. The van der Waals surface area contributed by atoms with Crippen LogP contribution < -0.4 is 10.2 Å². The van der Waals surface area contributed by atoms with Crippen LogP contribution in [0.15, 0.2) is 18.2 Å². The van der Waals surface area contributed by atoms with Gasteiger partial charge in [0.1, 0.15) is 0 Å². The van der Waals surface area contributed by atoms with E-state index in [1.807, 2.05) is 27.7 Å². The maximum atomic E-state index is 12.2. The minimum absolute atomic E-state index is 0.0980. The van der Waals surface area contributed by atoms with Crippen LogP contribution in [0.3, 0.4) is 0 Å². The lowest BCUT2D eigenvalue weighted by Crippen LogP contribution is -2.57. The molecule has 1 heterocycles. The molecular formula is C16H23N3O4. The predicted molar refractivity (Wildman–Crippen MR) is 87.9 cm³/mol. The second-order valence-electron chi connectivity index (χ2n) is 7.02. The third kappa shape index (κ3) is 3.79. The van der Waals surface area contributed by atoms with Gasteiger partial charge in [-0.2, -0.15) is 0 Å². The summed E-state index contributed by atoms with van der Waals surface area (Å²) in [6, 6.07) is 4.39. The Labute approximate surface area is 135 Å². The van der Waals surface area contributed by atoms with E-state index in [-0.39, 0.29) is 22.8 Å². The number of non-ortho nitro benzene ring substituents is 1. The molecule has 0 radical (unpaired) electrons. The second kappa shape index (κ2) is 5.81. The third-order valence-corrected chi connectivity index (χ3v) is 3.70. The van der Waals surface area contributed by atoms with E-state index in [4.69, 9.17) is 4.74 Å². The Hall–Kier alpha value is -2.15. The van der Waals surface area contributed by atoms with Crippen LogP contribution in [0.1, 0.15) is 38.1 Å². The molecule has 0 saturated carbocycles. The molecule has 1 saturated heterocycles. The van der Waals surface area contributed by atoms with Gasteiger partial charge in [0.25, 0.3) is 11.6 Å². The lowest BCUT2D eigenvalue weighted by Gasteiger charge is -2.48. The van der Waals surface area contributed by atoms with Crippen molar-refractivity contribution in [1.29, 1.82) is 0 Å². The van der Waals surface area contributed by atoms with Crippen LogP contribution in [0.4, 0.5) is 11.4 Å². The van der Waals surface area contributed by atoms with Crippen molar-refractivity contribution in [2.24, 2.45) is 0 Å². The van der Waals surface area contributed by atoms with Crippen molar-refractivity contribution in [3.8, 4) is 0 Å². The first-order valence-electron chi connectivity index (χ1n) is 7.50. The second-order valence-corrected chi connectivity index (χ2v) is 7.02. The number of carbonyl (C=O) groups is 1. The average molecular weight is 321 g/mol. The molecule has 0 aromatic heterocycles. The fourth-order valence-electron chi connectivity index (χ4n) is 3.19. The fraction of sp³-hybridized carbons (Fsp3) is 0.562. The van der Waals surface area contributed by atoms with Crippen molar-refractivity contribution in [1.82, 2.24) is 5.32 Å². The molecule has 7 nitrogen and oxygen atoms in total. The van der Waals surface area contributed by atoms with Gasteiger partial charge in [0.05, 0.1) is 27.4 Å². The van der Waals surface area contributed by atoms with E-state index in [0.29, 0.717) is 24.3 Å². The zero-order chi connectivity index (χ0) is 17.4. The maximum Gasteiger partial charge on any atom is 0.270 e. The molecule has 0 atom stereocenters. The molecule has 1 aromatic rings. The molecule has 0 spiro atoms. The van der Waals surface area contributed by atoms with Gasteiger partial charge >= 0.3 is 0 Å². The summed E-state index contributed by atoms with van der Waals surface area (Å²) in [7, 11) is 1.51. The van der Waals surface area contributed by atoms with Crippen molar-refractivity contribution < 1.29 is 14.5 Å². The summed E-state index contributed by atoms with van der Waals surface area (Å²) in [5, 5.41) is 13.5. The Balaban J connectivity index is 2.49. The number of hydrogen-bond acceptors (Lipinski definition) is 5. The van der Waals surface area contributed by atoms with E-state index in [9.17, 15) is 14.9 Å². The Morgan fingerprint density at radius 1 is 1.26 bits per heavy atom. The zero-order valence-corrected chi connectivity index (χ0v) is 14.2. The molecule has 23 heavy (non-hydrogen) atoms. The molecule has 0 aliphatic carbocycles. The van der Waals surface area contributed by atoms with Crippen LogP contribution in [0.5, 0.6) is 0 Å². The monoisotopic (exact) mass is 321 g/mol. The number of nitrogens with zero attached hydrogens (tertiary/aromatic N) is 2. The van der Waals surface area contributed by atoms with Crippen molar-refractivity contribution in [2.45, 2.75) is 38.9 Å². The van der Waals surface area contributed by atoms with Crippen LogP contribution >= 0.6 is 0 Å². The van der Waals surface area contributed by atoms with Crippen LogP contribution in [0, 0.1) is 10.1 Å². The summed E-state index contributed by atoms with van der Waals surface area (Å²) < 4.78 is 6.05. The van der Waals surface area contributed by atoms with Crippen molar-refractivity contribution >= 4 is 17.3 Å². The number of amides is 1. The lowest BCUT2D eigenvalue weighted by atomic mass is 9.97. The van der Waals surface area contributed by atoms with Crippen LogP contribution in [-0.4, -0.2) is 42.2 Å². The van der Waals surface area contributed by atoms with Crippen LogP contribution in [-0.2, 0) is 4.74 Å². The number of carbonyl (C=O) groups excluding carboxylic acids is 1. The Kier molecular flexibility index (Phi) is 4.34. The van der Waals surface area contributed by atoms with Crippen LogP contribution in [0.25, 0.3) is 0 Å².